The Morgan fingerprint density at radius 2 is 1.85 bits per heavy atom. The molecule has 0 saturated carbocycles. The zero-order chi connectivity index (χ0) is 14.9. The second kappa shape index (κ2) is 5.94. The van der Waals surface area contributed by atoms with Gasteiger partial charge in [0.25, 0.3) is 0 Å². The topological polar surface area (TPSA) is 29.5 Å². The van der Waals surface area contributed by atoms with Crippen molar-refractivity contribution in [2.75, 3.05) is 0 Å². The van der Waals surface area contributed by atoms with Gasteiger partial charge in [-0.05, 0) is 72.1 Å². The molecule has 0 aliphatic heterocycles. The third-order valence-electron chi connectivity index (χ3n) is 3.05. The van der Waals surface area contributed by atoms with Crippen LogP contribution in [0.1, 0.15) is 29.7 Å². The summed E-state index contributed by atoms with van der Waals surface area (Å²) in [5.41, 5.74) is 2.02. The van der Waals surface area contributed by atoms with Gasteiger partial charge in [-0.15, -0.1) is 0 Å². The molecule has 0 spiro atoms. The van der Waals surface area contributed by atoms with Crippen molar-refractivity contribution >= 4 is 15.9 Å². The van der Waals surface area contributed by atoms with Crippen LogP contribution in [0, 0.1) is 19.7 Å². The van der Waals surface area contributed by atoms with E-state index >= 15 is 0 Å². The second-order valence-corrected chi connectivity index (χ2v) is 5.71. The molecule has 0 amide bonds. The first-order valence-corrected chi connectivity index (χ1v) is 7.10. The third-order valence-corrected chi connectivity index (χ3v) is 3.67. The lowest BCUT2D eigenvalue weighted by atomic mass is 10.1. The van der Waals surface area contributed by atoms with Crippen LogP contribution in [0.25, 0.3) is 0 Å². The Kier molecular flexibility index (Phi) is 4.45. The smallest absolute Gasteiger partial charge is 0.141 e. The van der Waals surface area contributed by atoms with Crippen LogP contribution in [0.4, 0.5) is 4.39 Å². The van der Waals surface area contributed by atoms with Crippen molar-refractivity contribution in [2.45, 2.75) is 26.9 Å². The molecule has 2 aromatic rings. The van der Waals surface area contributed by atoms with Gasteiger partial charge in [0.05, 0.1) is 10.6 Å². The lowest BCUT2D eigenvalue weighted by Gasteiger charge is -2.15. The number of aliphatic hydroxyl groups excluding tert-OH is 1. The number of hydrogen-bond donors (Lipinski definition) is 1. The van der Waals surface area contributed by atoms with Crippen LogP contribution in [0.2, 0.25) is 0 Å². The molecule has 1 N–H and O–H groups in total. The number of aliphatic hydroxyl groups is 1. The highest BCUT2D eigenvalue weighted by Gasteiger charge is 2.14. The maximum atomic E-state index is 13.6. The highest BCUT2D eigenvalue weighted by molar-refractivity contribution is 9.10. The Balaban J connectivity index is 2.44. The first-order valence-electron chi connectivity index (χ1n) is 6.30. The summed E-state index contributed by atoms with van der Waals surface area (Å²) in [5.74, 6) is 0.739. The minimum atomic E-state index is -0.802. The first-order chi connectivity index (χ1) is 9.38. The molecule has 0 aliphatic rings. The molecule has 106 valence electrons. The van der Waals surface area contributed by atoms with Gasteiger partial charge in [0.2, 0.25) is 0 Å². The van der Waals surface area contributed by atoms with Crippen LogP contribution < -0.4 is 4.74 Å². The summed E-state index contributed by atoms with van der Waals surface area (Å²) < 4.78 is 20.2. The van der Waals surface area contributed by atoms with Crippen LogP contribution in [-0.2, 0) is 0 Å². The van der Waals surface area contributed by atoms with Crippen molar-refractivity contribution < 1.29 is 14.2 Å². The third kappa shape index (κ3) is 3.19. The molecule has 0 bridgehead atoms. The summed E-state index contributed by atoms with van der Waals surface area (Å²) in [6.07, 6.45) is -0.802. The maximum Gasteiger partial charge on any atom is 0.141 e. The van der Waals surface area contributed by atoms with Gasteiger partial charge in [0, 0.05) is 5.56 Å². The second-order valence-electron chi connectivity index (χ2n) is 4.85. The fourth-order valence-electron chi connectivity index (χ4n) is 1.89. The summed E-state index contributed by atoms with van der Waals surface area (Å²) >= 11 is 3.44. The predicted octanol–water partition coefficient (Wildman–Crippen LogP) is 5.05. The number of halogens is 2. The van der Waals surface area contributed by atoms with E-state index in [0.29, 0.717) is 22.6 Å². The van der Waals surface area contributed by atoms with Gasteiger partial charge in [-0.3, -0.25) is 0 Å². The molecule has 0 aromatic heterocycles. The molecule has 0 radical (unpaired) electrons. The molecule has 0 fully saturated rings. The van der Waals surface area contributed by atoms with Gasteiger partial charge < -0.3 is 9.84 Å². The van der Waals surface area contributed by atoms with Crippen molar-refractivity contribution in [3.8, 4) is 11.5 Å². The quantitative estimate of drug-likeness (QED) is 0.848. The van der Waals surface area contributed by atoms with Gasteiger partial charge in [0.1, 0.15) is 17.3 Å². The molecule has 2 aromatic carbocycles. The Labute approximate surface area is 126 Å². The van der Waals surface area contributed by atoms with Crippen molar-refractivity contribution in [1.29, 1.82) is 0 Å². The maximum absolute atomic E-state index is 13.6. The molecule has 0 saturated heterocycles. The summed E-state index contributed by atoms with van der Waals surface area (Å²) in [5, 5.41) is 9.75. The summed E-state index contributed by atoms with van der Waals surface area (Å²) in [6.45, 7) is 5.23. The zero-order valence-electron chi connectivity index (χ0n) is 11.6. The van der Waals surface area contributed by atoms with Crippen molar-refractivity contribution in [3.63, 3.8) is 0 Å². The first kappa shape index (κ1) is 15.0. The van der Waals surface area contributed by atoms with E-state index in [2.05, 4.69) is 15.9 Å². The minimum absolute atomic E-state index is 0.351. The molecule has 2 rings (SSSR count). The Morgan fingerprint density at radius 3 is 2.45 bits per heavy atom. The monoisotopic (exact) mass is 338 g/mol. The molecule has 0 aliphatic carbocycles. The predicted molar refractivity (Wildman–Crippen MR) is 80.7 cm³/mol. The molecular weight excluding hydrogens is 323 g/mol. The van der Waals surface area contributed by atoms with E-state index in [4.69, 9.17) is 4.74 Å². The SMILES string of the molecule is Cc1ccc(Oc2cc(C)c(F)cc2C(C)O)c(Br)c1. The molecule has 0 heterocycles. The normalized spacial score (nSPS) is 12.3. The van der Waals surface area contributed by atoms with Gasteiger partial charge in [0.15, 0.2) is 0 Å². The lowest BCUT2D eigenvalue weighted by Crippen LogP contribution is -1.99. The molecule has 1 atom stereocenters. The Hall–Kier alpha value is -1.39. The van der Waals surface area contributed by atoms with Crippen LogP contribution in [0.5, 0.6) is 11.5 Å². The van der Waals surface area contributed by atoms with E-state index in [9.17, 15) is 9.50 Å². The highest BCUT2D eigenvalue weighted by Crippen LogP contribution is 2.35. The van der Waals surface area contributed by atoms with Crippen molar-refractivity contribution in [3.05, 3.63) is 57.3 Å². The lowest BCUT2D eigenvalue weighted by molar-refractivity contribution is 0.195. The number of rotatable bonds is 3. The fourth-order valence-corrected chi connectivity index (χ4v) is 2.47. The number of hydrogen-bond acceptors (Lipinski definition) is 2. The minimum Gasteiger partial charge on any atom is -0.456 e. The number of ether oxygens (including phenoxy) is 1. The average Bonchev–Trinajstić information content (AvgIpc) is 2.36. The van der Waals surface area contributed by atoms with Gasteiger partial charge in [-0.1, -0.05) is 6.07 Å². The van der Waals surface area contributed by atoms with E-state index in [1.165, 1.54) is 6.07 Å². The molecule has 1 unspecified atom stereocenters. The van der Waals surface area contributed by atoms with Crippen LogP contribution in [-0.4, -0.2) is 5.11 Å². The number of aryl methyl sites for hydroxylation is 2. The van der Waals surface area contributed by atoms with E-state index in [0.717, 1.165) is 10.0 Å². The van der Waals surface area contributed by atoms with E-state index in [1.807, 2.05) is 25.1 Å². The standard InChI is InChI=1S/C16H16BrFO2/c1-9-4-5-15(13(17)6-9)20-16-7-10(2)14(18)8-12(16)11(3)19/h4-8,11,19H,1-3H3. The fraction of sp³-hybridized carbons (Fsp3) is 0.250. The number of benzene rings is 2. The highest BCUT2D eigenvalue weighted by atomic mass is 79.9. The van der Waals surface area contributed by atoms with E-state index < -0.39 is 6.10 Å². The van der Waals surface area contributed by atoms with E-state index in [-0.39, 0.29) is 5.82 Å². The van der Waals surface area contributed by atoms with Crippen LogP contribution >= 0.6 is 15.9 Å². The Bertz CT molecular complexity index is 639. The van der Waals surface area contributed by atoms with E-state index in [1.54, 1.807) is 19.9 Å². The molecular formula is C16H16BrFO2. The largest absolute Gasteiger partial charge is 0.456 e. The molecule has 2 nitrogen and oxygen atoms in total. The van der Waals surface area contributed by atoms with Gasteiger partial charge in [-0.25, -0.2) is 4.39 Å². The zero-order valence-corrected chi connectivity index (χ0v) is 13.2. The summed E-state index contributed by atoms with van der Waals surface area (Å²) in [7, 11) is 0. The van der Waals surface area contributed by atoms with Crippen LogP contribution in [0.15, 0.2) is 34.8 Å². The Morgan fingerprint density at radius 1 is 1.15 bits per heavy atom. The van der Waals surface area contributed by atoms with Crippen molar-refractivity contribution in [1.82, 2.24) is 0 Å². The molecule has 4 heteroatoms. The summed E-state index contributed by atoms with van der Waals surface area (Å²) in [4.78, 5) is 0. The van der Waals surface area contributed by atoms with Gasteiger partial charge in [-0.2, -0.15) is 0 Å². The van der Waals surface area contributed by atoms with Crippen LogP contribution in [0.3, 0.4) is 0 Å². The summed E-state index contributed by atoms with van der Waals surface area (Å²) in [6, 6.07) is 8.62. The average molecular weight is 339 g/mol. The van der Waals surface area contributed by atoms with Crippen molar-refractivity contribution in [2.24, 2.45) is 0 Å². The molecule has 20 heavy (non-hydrogen) atoms. The van der Waals surface area contributed by atoms with Gasteiger partial charge >= 0.3 is 0 Å².